The molecule has 0 aliphatic rings. The summed E-state index contributed by atoms with van der Waals surface area (Å²) in [5.41, 5.74) is 5.84. The lowest BCUT2D eigenvalue weighted by molar-refractivity contribution is -0.384. The molecule has 94 valence electrons. The molecule has 2 N–H and O–H groups in total. The van der Waals surface area contributed by atoms with Gasteiger partial charge in [-0.15, -0.1) is 0 Å². The molecular formula is C10H9ClN4O3. The molecule has 2 rings (SSSR count). The Morgan fingerprint density at radius 3 is 2.78 bits per heavy atom. The van der Waals surface area contributed by atoms with Crippen LogP contribution in [-0.2, 0) is 0 Å². The maximum Gasteiger partial charge on any atom is 0.271 e. The highest BCUT2D eigenvalue weighted by Crippen LogP contribution is 2.27. The Bertz CT molecular complexity index is 597. The molecular weight excluding hydrogens is 260 g/mol. The first-order valence-electron chi connectivity index (χ1n) is 5.02. The smallest absolute Gasteiger partial charge is 0.271 e. The number of nitro benzene ring substituents is 1. The maximum atomic E-state index is 10.7. The van der Waals surface area contributed by atoms with E-state index in [2.05, 4.69) is 10.1 Å². The molecule has 0 spiro atoms. The van der Waals surface area contributed by atoms with Gasteiger partial charge in [-0.1, -0.05) is 16.8 Å². The van der Waals surface area contributed by atoms with Crippen LogP contribution < -0.4 is 5.73 Å². The number of aromatic nitrogens is 2. The fourth-order valence-electron chi connectivity index (χ4n) is 1.34. The van der Waals surface area contributed by atoms with Gasteiger partial charge in [0.2, 0.25) is 0 Å². The summed E-state index contributed by atoms with van der Waals surface area (Å²) in [7, 11) is 0. The summed E-state index contributed by atoms with van der Waals surface area (Å²) >= 11 is 5.79. The zero-order chi connectivity index (χ0) is 13.3. The second-order valence-electron chi connectivity index (χ2n) is 3.70. The van der Waals surface area contributed by atoms with Crippen molar-refractivity contribution in [1.82, 2.24) is 10.1 Å². The number of benzene rings is 1. The molecule has 1 heterocycles. The first-order valence-corrected chi connectivity index (χ1v) is 5.39. The second-order valence-corrected chi connectivity index (χ2v) is 4.14. The lowest BCUT2D eigenvalue weighted by atomic mass is 10.2. The second kappa shape index (κ2) is 4.71. The molecule has 0 bridgehead atoms. The maximum absolute atomic E-state index is 10.7. The van der Waals surface area contributed by atoms with Crippen LogP contribution in [0.4, 0.5) is 5.69 Å². The first kappa shape index (κ1) is 12.5. The lowest BCUT2D eigenvalue weighted by Gasteiger charge is -1.97. The van der Waals surface area contributed by atoms with E-state index < -0.39 is 4.92 Å². The molecule has 0 saturated carbocycles. The molecule has 0 fully saturated rings. The standard InChI is InChI=1S/C10H9ClN4O3/c1-5(12)9-13-10(18-14-9)6-2-7(11)4-8(3-6)15(16)17/h2-5H,12H2,1H3. The van der Waals surface area contributed by atoms with Gasteiger partial charge in [-0.2, -0.15) is 4.98 Å². The third-order valence-corrected chi connectivity index (χ3v) is 2.41. The van der Waals surface area contributed by atoms with Gasteiger partial charge >= 0.3 is 0 Å². The topological polar surface area (TPSA) is 108 Å². The summed E-state index contributed by atoms with van der Waals surface area (Å²) in [6.07, 6.45) is 0. The van der Waals surface area contributed by atoms with Crippen molar-refractivity contribution in [3.05, 3.63) is 39.2 Å². The van der Waals surface area contributed by atoms with Crippen LogP contribution in [-0.4, -0.2) is 15.1 Å². The summed E-state index contributed by atoms with van der Waals surface area (Å²) in [6.45, 7) is 1.70. The number of nitrogens with zero attached hydrogens (tertiary/aromatic N) is 3. The first-order chi connectivity index (χ1) is 8.47. The predicted octanol–water partition coefficient (Wildman–Crippen LogP) is 2.32. The van der Waals surface area contributed by atoms with Crippen molar-refractivity contribution in [2.24, 2.45) is 5.73 Å². The molecule has 0 amide bonds. The van der Waals surface area contributed by atoms with Crippen LogP contribution in [0.1, 0.15) is 18.8 Å². The van der Waals surface area contributed by atoms with Gasteiger partial charge in [0.1, 0.15) is 0 Å². The van der Waals surface area contributed by atoms with Crippen molar-refractivity contribution in [2.45, 2.75) is 13.0 Å². The normalized spacial score (nSPS) is 12.4. The van der Waals surface area contributed by atoms with E-state index in [1.54, 1.807) is 6.92 Å². The van der Waals surface area contributed by atoms with Gasteiger partial charge in [0.25, 0.3) is 11.6 Å². The Hall–Kier alpha value is -1.99. The zero-order valence-electron chi connectivity index (χ0n) is 9.33. The van der Waals surface area contributed by atoms with Crippen molar-refractivity contribution in [2.75, 3.05) is 0 Å². The minimum atomic E-state index is -0.543. The van der Waals surface area contributed by atoms with E-state index >= 15 is 0 Å². The van der Waals surface area contributed by atoms with Crippen LogP contribution in [0.15, 0.2) is 22.7 Å². The van der Waals surface area contributed by atoms with Crippen molar-refractivity contribution in [1.29, 1.82) is 0 Å². The summed E-state index contributed by atoms with van der Waals surface area (Å²) in [4.78, 5) is 14.2. The van der Waals surface area contributed by atoms with Gasteiger partial charge in [-0.05, 0) is 13.0 Å². The largest absolute Gasteiger partial charge is 0.334 e. The van der Waals surface area contributed by atoms with Gasteiger partial charge in [-0.3, -0.25) is 10.1 Å². The van der Waals surface area contributed by atoms with Crippen molar-refractivity contribution >= 4 is 17.3 Å². The minimum Gasteiger partial charge on any atom is -0.334 e. The van der Waals surface area contributed by atoms with Crippen LogP contribution >= 0.6 is 11.6 Å². The summed E-state index contributed by atoms with van der Waals surface area (Å²) in [6, 6.07) is 3.68. The molecule has 1 aromatic heterocycles. The zero-order valence-corrected chi connectivity index (χ0v) is 10.1. The van der Waals surface area contributed by atoms with Gasteiger partial charge in [0.15, 0.2) is 5.82 Å². The molecule has 0 aliphatic carbocycles. The average molecular weight is 269 g/mol. The van der Waals surface area contributed by atoms with Gasteiger partial charge < -0.3 is 10.3 Å². The molecule has 7 nitrogen and oxygen atoms in total. The SMILES string of the molecule is CC(N)c1noc(-c2cc(Cl)cc([N+](=O)[O-])c2)n1. The predicted molar refractivity (Wildman–Crippen MR) is 64.0 cm³/mol. The molecule has 0 aliphatic heterocycles. The number of nitrogens with two attached hydrogens (primary N) is 1. The number of hydrogen-bond acceptors (Lipinski definition) is 6. The fourth-order valence-corrected chi connectivity index (χ4v) is 1.57. The highest BCUT2D eigenvalue weighted by atomic mass is 35.5. The number of nitro groups is 1. The van der Waals surface area contributed by atoms with E-state index in [1.807, 2.05) is 0 Å². The Balaban J connectivity index is 2.46. The fraction of sp³-hybridized carbons (Fsp3) is 0.200. The van der Waals surface area contributed by atoms with Crippen LogP contribution in [0.5, 0.6) is 0 Å². The van der Waals surface area contributed by atoms with E-state index in [0.717, 1.165) is 0 Å². The molecule has 1 unspecified atom stereocenters. The molecule has 1 aromatic carbocycles. The highest BCUT2D eigenvalue weighted by Gasteiger charge is 2.16. The summed E-state index contributed by atoms with van der Waals surface area (Å²) in [5.74, 6) is 0.473. The van der Waals surface area contributed by atoms with E-state index in [4.69, 9.17) is 21.9 Å². The highest BCUT2D eigenvalue weighted by molar-refractivity contribution is 6.31. The van der Waals surface area contributed by atoms with Gasteiger partial charge in [-0.25, -0.2) is 0 Å². The number of rotatable bonds is 3. The van der Waals surface area contributed by atoms with E-state index in [0.29, 0.717) is 11.4 Å². The Labute approximate surface area is 107 Å². The van der Waals surface area contributed by atoms with Gasteiger partial charge in [0.05, 0.1) is 11.0 Å². The van der Waals surface area contributed by atoms with Crippen molar-refractivity contribution in [3.63, 3.8) is 0 Å². The lowest BCUT2D eigenvalue weighted by Crippen LogP contribution is -2.06. The minimum absolute atomic E-state index is 0.141. The Morgan fingerprint density at radius 1 is 1.50 bits per heavy atom. The quantitative estimate of drug-likeness (QED) is 0.676. The molecule has 8 heteroatoms. The van der Waals surface area contributed by atoms with Crippen molar-refractivity contribution in [3.8, 4) is 11.5 Å². The van der Waals surface area contributed by atoms with E-state index in [-0.39, 0.29) is 22.6 Å². The van der Waals surface area contributed by atoms with Crippen molar-refractivity contribution < 1.29 is 9.45 Å². The number of hydrogen-bond donors (Lipinski definition) is 1. The molecule has 2 aromatic rings. The van der Waals surface area contributed by atoms with Crippen LogP contribution in [0.3, 0.4) is 0 Å². The van der Waals surface area contributed by atoms with E-state index in [9.17, 15) is 10.1 Å². The van der Waals surface area contributed by atoms with Gasteiger partial charge in [0, 0.05) is 22.7 Å². The van der Waals surface area contributed by atoms with Crippen LogP contribution in [0.2, 0.25) is 5.02 Å². The Morgan fingerprint density at radius 2 is 2.22 bits per heavy atom. The van der Waals surface area contributed by atoms with Crippen LogP contribution in [0, 0.1) is 10.1 Å². The summed E-state index contributed by atoms with van der Waals surface area (Å²) < 4.78 is 4.98. The monoisotopic (exact) mass is 268 g/mol. The third kappa shape index (κ3) is 2.47. The van der Waals surface area contributed by atoms with Crippen LogP contribution in [0.25, 0.3) is 11.5 Å². The molecule has 18 heavy (non-hydrogen) atoms. The number of halogens is 1. The third-order valence-electron chi connectivity index (χ3n) is 2.19. The molecule has 0 saturated heterocycles. The molecule has 0 radical (unpaired) electrons. The average Bonchev–Trinajstić information content (AvgIpc) is 2.77. The molecule has 1 atom stereocenters. The summed E-state index contributed by atoms with van der Waals surface area (Å²) in [5, 5.41) is 14.6. The van der Waals surface area contributed by atoms with E-state index in [1.165, 1.54) is 18.2 Å². The number of non-ortho nitro benzene ring substituents is 1. The Kier molecular flexibility index (Phi) is 3.26.